The number of hydrogen-bond acceptors (Lipinski definition) is 4. The predicted octanol–water partition coefficient (Wildman–Crippen LogP) is 6.99. The molecule has 0 aromatic heterocycles. The Morgan fingerprint density at radius 1 is 1.03 bits per heavy atom. The zero-order valence-corrected chi connectivity index (χ0v) is 20.6. The summed E-state index contributed by atoms with van der Waals surface area (Å²) in [5, 5.41) is 3.40. The van der Waals surface area contributed by atoms with E-state index in [1.165, 1.54) is 17.3 Å². The van der Waals surface area contributed by atoms with E-state index in [1.54, 1.807) is 0 Å². The number of benzene rings is 3. The lowest BCUT2D eigenvalue weighted by molar-refractivity contribution is -0.115. The van der Waals surface area contributed by atoms with Crippen molar-refractivity contribution in [3.63, 3.8) is 0 Å². The average molecular weight is 558 g/mol. The molecule has 7 heteroatoms. The molecule has 0 spiro atoms. The van der Waals surface area contributed by atoms with Crippen LogP contribution in [0.25, 0.3) is 6.08 Å². The highest BCUT2D eigenvalue weighted by molar-refractivity contribution is 9.11. The molecule has 0 radical (unpaired) electrons. The molecule has 1 amide bonds. The first-order chi connectivity index (χ1) is 15.0. The maximum Gasteiger partial charge on any atom is 0.264 e. The maximum absolute atomic E-state index is 12.3. The lowest BCUT2D eigenvalue weighted by Gasteiger charge is -2.08. The molecule has 1 N–H and O–H groups in total. The predicted molar refractivity (Wildman–Crippen MR) is 135 cm³/mol. The van der Waals surface area contributed by atoms with Crippen molar-refractivity contribution >= 4 is 66.5 Å². The molecule has 1 heterocycles. The third-order valence-corrected chi connectivity index (χ3v) is 6.64. The molecule has 0 atom stereocenters. The molecular weight excluding hydrogens is 540 g/mol. The van der Waals surface area contributed by atoms with Gasteiger partial charge in [-0.05, 0) is 66.7 Å². The molecule has 31 heavy (non-hydrogen) atoms. The molecule has 0 aliphatic carbocycles. The summed E-state index contributed by atoms with van der Waals surface area (Å²) in [5.74, 6) is 0.624. The van der Waals surface area contributed by atoms with Gasteiger partial charge in [0.25, 0.3) is 5.91 Å². The van der Waals surface area contributed by atoms with E-state index >= 15 is 0 Å². The van der Waals surface area contributed by atoms with Crippen LogP contribution in [0.5, 0.6) is 5.75 Å². The van der Waals surface area contributed by atoms with Crippen LogP contribution in [-0.2, 0) is 11.4 Å². The number of amides is 1. The highest BCUT2D eigenvalue weighted by Gasteiger charge is 2.23. The minimum Gasteiger partial charge on any atom is -0.489 e. The van der Waals surface area contributed by atoms with Crippen molar-refractivity contribution in [2.45, 2.75) is 13.5 Å². The van der Waals surface area contributed by atoms with E-state index in [-0.39, 0.29) is 5.91 Å². The van der Waals surface area contributed by atoms with Crippen molar-refractivity contribution in [2.24, 2.45) is 4.99 Å². The van der Waals surface area contributed by atoms with E-state index in [4.69, 9.17) is 4.74 Å². The number of aryl methyl sites for hydroxylation is 1. The fourth-order valence-electron chi connectivity index (χ4n) is 2.83. The minimum absolute atomic E-state index is 0.142. The molecule has 4 rings (SSSR count). The molecule has 1 aliphatic rings. The molecular formula is C24H18Br2N2O2S. The average Bonchev–Trinajstić information content (AvgIpc) is 3.09. The summed E-state index contributed by atoms with van der Waals surface area (Å²) in [6.07, 6.45) is 1.85. The Kier molecular flexibility index (Phi) is 6.95. The summed E-state index contributed by atoms with van der Waals surface area (Å²) in [6.45, 7) is 2.49. The maximum atomic E-state index is 12.3. The van der Waals surface area contributed by atoms with Gasteiger partial charge in [-0.15, -0.1) is 0 Å². The summed E-state index contributed by atoms with van der Waals surface area (Å²) in [6, 6.07) is 21.5. The van der Waals surface area contributed by atoms with E-state index < -0.39 is 0 Å². The second kappa shape index (κ2) is 9.85. The summed E-state index contributed by atoms with van der Waals surface area (Å²) in [4.78, 5) is 17.4. The first kappa shape index (κ1) is 21.9. The number of halogens is 2. The van der Waals surface area contributed by atoms with Gasteiger partial charge in [-0.25, -0.2) is 4.99 Å². The van der Waals surface area contributed by atoms with Crippen molar-refractivity contribution in [2.75, 3.05) is 0 Å². The smallest absolute Gasteiger partial charge is 0.264 e. The molecule has 1 saturated heterocycles. The molecule has 1 aliphatic heterocycles. The normalized spacial score (nSPS) is 16.0. The third kappa shape index (κ3) is 5.87. The quantitative estimate of drug-likeness (QED) is 0.344. The molecule has 4 nitrogen and oxygen atoms in total. The first-order valence-corrected chi connectivity index (χ1v) is 11.9. The molecule has 3 aromatic carbocycles. The number of nitrogens with zero attached hydrogens (tertiary/aromatic N) is 1. The number of carbonyl (C=O) groups is 1. The molecule has 0 saturated carbocycles. The molecule has 1 fully saturated rings. The zero-order chi connectivity index (χ0) is 21.8. The number of hydrogen-bond donors (Lipinski definition) is 1. The van der Waals surface area contributed by atoms with Crippen LogP contribution >= 0.6 is 43.6 Å². The van der Waals surface area contributed by atoms with Crippen LogP contribution in [-0.4, -0.2) is 11.1 Å². The van der Waals surface area contributed by atoms with Crippen LogP contribution in [0.2, 0.25) is 0 Å². The number of rotatable bonds is 5. The second-order valence-electron chi connectivity index (χ2n) is 6.91. The SMILES string of the molecule is Cc1ccc(N=C2NC(=O)/C(=C/c3ccc(OCc4ccc(Br)cc4Br)cc3)S2)cc1. The van der Waals surface area contributed by atoms with Crippen molar-refractivity contribution < 1.29 is 9.53 Å². The van der Waals surface area contributed by atoms with Crippen molar-refractivity contribution in [1.29, 1.82) is 0 Å². The highest BCUT2D eigenvalue weighted by Crippen LogP contribution is 2.29. The fraction of sp³-hybridized carbons (Fsp3) is 0.0833. The Labute approximate surface area is 202 Å². The Balaban J connectivity index is 1.40. The lowest BCUT2D eigenvalue weighted by atomic mass is 10.2. The van der Waals surface area contributed by atoms with E-state index in [0.29, 0.717) is 16.7 Å². The first-order valence-electron chi connectivity index (χ1n) is 9.49. The van der Waals surface area contributed by atoms with Crippen LogP contribution < -0.4 is 10.1 Å². The molecule has 3 aromatic rings. The number of ether oxygens (including phenoxy) is 1. The highest BCUT2D eigenvalue weighted by atomic mass is 79.9. The van der Waals surface area contributed by atoms with Gasteiger partial charge in [0.2, 0.25) is 0 Å². The molecule has 156 valence electrons. The minimum atomic E-state index is -0.142. The number of amidine groups is 1. The summed E-state index contributed by atoms with van der Waals surface area (Å²) < 4.78 is 7.89. The fourth-order valence-corrected chi connectivity index (χ4v) is 4.83. The molecule has 0 unspecified atom stereocenters. The Morgan fingerprint density at radius 3 is 2.48 bits per heavy atom. The van der Waals surface area contributed by atoms with Gasteiger partial charge in [0, 0.05) is 14.5 Å². The Hall–Kier alpha value is -2.35. The topological polar surface area (TPSA) is 50.7 Å². The van der Waals surface area contributed by atoms with Crippen molar-refractivity contribution in [1.82, 2.24) is 5.32 Å². The van der Waals surface area contributed by atoms with Crippen LogP contribution in [0.4, 0.5) is 5.69 Å². The standard InChI is InChI=1S/C24H18Br2N2O2S/c1-15-2-8-19(9-3-15)27-24-28-23(29)22(31-24)12-16-4-10-20(11-5-16)30-14-17-6-7-18(25)13-21(17)26/h2-13H,14H2,1H3,(H,27,28,29)/b22-12-. The Morgan fingerprint density at radius 2 is 1.77 bits per heavy atom. The number of nitrogens with one attached hydrogen (secondary N) is 1. The van der Waals surface area contributed by atoms with E-state index in [0.717, 1.165) is 31.5 Å². The van der Waals surface area contributed by atoms with Gasteiger partial charge in [-0.1, -0.05) is 67.8 Å². The van der Waals surface area contributed by atoms with E-state index in [9.17, 15) is 4.79 Å². The van der Waals surface area contributed by atoms with E-state index in [2.05, 4.69) is 42.2 Å². The van der Waals surface area contributed by atoms with Gasteiger partial charge in [-0.2, -0.15) is 0 Å². The van der Waals surface area contributed by atoms with Crippen LogP contribution in [0, 0.1) is 6.92 Å². The number of thioether (sulfide) groups is 1. The monoisotopic (exact) mass is 556 g/mol. The molecule has 0 bridgehead atoms. The summed E-state index contributed by atoms with van der Waals surface area (Å²) in [5.41, 5.74) is 3.97. The van der Waals surface area contributed by atoms with Gasteiger partial charge in [-0.3, -0.25) is 4.79 Å². The van der Waals surface area contributed by atoms with E-state index in [1.807, 2.05) is 79.7 Å². The van der Waals surface area contributed by atoms with Crippen molar-refractivity contribution in [3.05, 3.63) is 97.3 Å². The van der Waals surface area contributed by atoms with Gasteiger partial charge in [0.05, 0.1) is 10.6 Å². The van der Waals surface area contributed by atoms with Gasteiger partial charge in [0.1, 0.15) is 12.4 Å². The largest absolute Gasteiger partial charge is 0.489 e. The zero-order valence-electron chi connectivity index (χ0n) is 16.6. The summed E-state index contributed by atoms with van der Waals surface area (Å²) in [7, 11) is 0. The van der Waals surface area contributed by atoms with Crippen molar-refractivity contribution in [3.8, 4) is 5.75 Å². The van der Waals surface area contributed by atoms with Gasteiger partial charge in [0.15, 0.2) is 5.17 Å². The van der Waals surface area contributed by atoms with Crippen LogP contribution in [0.1, 0.15) is 16.7 Å². The Bertz CT molecular complexity index is 1170. The van der Waals surface area contributed by atoms with Crippen LogP contribution in [0.3, 0.4) is 0 Å². The number of carbonyl (C=O) groups excluding carboxylic acids is 1. The number of aliphatic imine (C=N–C) groups is 1. The van der Waals surface area contributed by atoms with Gasteiger partial charge < -0.3 is 10.1 Å². The summed E-state index contributed by atoms with van der Waals surface area (Å²) >= 11 is 8.33. The lowest BCUT2D eigenvalue weighted by Crippen LogP contribution is -2.19. The van der Waals surface area contributed by atoms with Gasteiger partial charge >= 0.3 is 0 Å². The van der Waals surface area contributed by atoms with Crippen LogP contribution in [0.15, 0.2) is 85.6 Å². The third-order valence-electron chi connectivity index (χ3n) is 4.50. The second-order valence-corrected chi connectivity index (χ2v) is 9.71.